The molecule has 3 saturated carbocycles. The van der Waals surface area contributed by atoms with Gasteiger partial charge in [-0.3, -0.25) is 9.59 Å². The van der Waals surface area contributed by atoms with Crippen LogP contribution in [0.4, 0.5) is 4.79 Å². The molecule has 5 atom stereocenters. The van der Waals surface area contributed by atoms with Gasteiger partial charge in [0.2, 0.25) is 11.8 Å². The molecule has 270 valence electrons. The van der Waals surface area contributed by atoms with Crippen LogP contribution in [0.5, 0.6) is 5.75 Å². The van der Waals surface area contributed by atoms with Crippen molar-refractivity contribution in [3.8, 4) is 5.75 Å². The number of nitrogens with one attached hydrogen (secondary N) is 1. The van der Waals surface area contributed by atoms with Crippen LogP contribution in [-0.2, 0) is 34.8 Å². The molecule has 3 aliphatic carbocycles. The van der Waals surface area contributed by atoms with E-state index in [4.69, 9.17) is 29.3 Å². The quantitative estimate of drug-likeness (QED) is 0.266. The first kappa shape index (κ1) is 37.0. The molecule has 6 rings (SSSR count). The van der Waals surface area contributed by atoms with Crippen LogP contribution >= 0.6 is 0 Å². The fourth-order valence-electron chi connectivity index (χ4n) is 7.97. The monoisotopic (exact) mass is 683 g/mol. The Morgan fingerprint density at radius 2 is 1.69 bits per heavy atom. The van der Waals surface area contributed by atoms with Gasteiger partial charge in [-0.15, -0.1) is 0 Å². The number of hydrogen-bond donors (Lipinski definition) is 2. The molecule has 3 amide bonds. The summed E-state index contributed by atoms with van der Waals surface area (Å²) in [7, 11) is -0.313. The lowest BCUT2D eigenvalue weighted by Crippen LogP contribution is -2.65. The third kappa shape index (κ3) is 7.87. The summed E-state index contributed by atoms with van der Waals surface area (Å²) in [5, 5.41) is 2.46. The summed E-state index contributed by atoms with van der Waals surface area (Å²) in [4.78, 5) is 52.3. The predicted molar refractivity (Wildman–Crippen MR) is 183 cm³/mol. The maximum Gasteiger partial charge on any atom is 0.457 e. The number of esters is 1. The van der Waals surface area contributed by atoms with Crippen molar-refractivity contribution in [2.24, 2.45) is 23.0 Å². The van der Waals surface area contributed by atoms with Crippen molar-refractivity contribution in [2.45, 2.75) is 136 Å². The van der Waals surface area contributed by atoms with E-state index in [2.05, 4.69) is 26.1 Å². The van der Waals surface area contributed by atoms with E-state index >= 15 is 0 Å². The first-order valence-corrected chi connectivity index (χ1v) is 17.5. The smallest absolute Gasteiger partial charge is 0.457 e. The summed E-state index contributed by atoms with van der Waals surface area (Å²) < 4.78 is 30.4. The van der Waals surface area contributed by atoms with Gasteiger partial charge in [-0.25, -0.2) is 9.59 Å². The summed E-state index contributed by atoms with van der Waals surface area (Å²) in [6.45, 7) is 19.7. The minimum absolute atomic E-state index is 0.108. The molecular weight excluding hydrogens is 629 g/mol. The van der Waals surface area contributed by atoms with Crippen LogP contribution in [-0.4, -0.2) is 84.0 Å². The molecule has 49 heavy (non-hydrogen) atoms. The number of primary amides is 1. The second kappa shape index (κ2) is 13.1. The zero-order valence-corrected chi connectivity index (χ0v) is 30.8. The van der Waals surface area contributed by atoms with Crippen molar-refractivity contribution in [3.63, 3.8) is 0 Å². The normalized spacial score (nSPS) is 26.5. The highest BCUT2D eigenvalue weighted by Gasteiger charge is 2.67. The third-order valence-corrected chi connectivity index (χ3v) is 10.6. The molecule has 3 N–H and O–H groups in total. The number of aryl methyl sites for hydroxylation is 1. The Morgan fingerprint density at radius 3 is 2.29 bits per heavy atom. The van der Waals surface area contributed by atoms with Gasteiger partial charge in [-0.2, -0.15) is 0 Å². The second-order valence-corrected chi connectivity index (χ2v) is 17.0. The Kier molecular flexibility index (Phi) is 9.88. The number of alkyl carbamates (subject to hydrolysis) is 1. The Hall–Kier alpha value is -3.32. The van der Waals surface area contributed by atoms with Crippen molar-refractivity contribution in [2.75, 3.05) is 13.1 Å². The molecule has 5 fully saturated rings. The van der Waals surface area contributed by atoms with Crippen LogP contribution in [0.3, 0.4) is 0 Å². The van der Waals surface area contributed by atoms with Crippen molar-refractivity contribution < 1.29 is 42.7 Å². The zero-order valence-electron chi connectivity index (χ0n) is 30.8. The number of carbonyl (C=O) groups excluding carboxylic acids is 4. The first-order chi connectivity index (χ1) is 22.6. The molecule has 0 unspecified atom stereocenters. The molecule has 0 radical (unpaired) electrons. The Bertz CT molecular complexity index is 1480. The fourth-order valence-corrected chi connectivity index (χ4v) is 7.97. The largest absolute Gasteiger partial charge is 0.486 e. The number of nitrogens with zero attached hydrogens (tertiary/aromatic N) is 1. The Labute approximate surface area is 290 Å². The van der Waals surface area contributed by atoms with E-state index < -0.39 is 47.2 Å². The van der Waals surface area contributed by atoms with Crippen LogP contribution in [0.2, 0.25) is 6.32 Å². The van der Waals surface area contributed by atoms with Crippen LogP contribution in [0.15, 0.2) is 12.1 Å². The lowest BCUT2D eigenvalue weighted by molar-refractivity contribution is -0.199. The highest BCUT2D eigenvalue weighted by atomic mass is 16.7. The number of benzene rings is 1. The van der Waals surface area contributed by atoms with Gasteiger partial charge >= 0.3 is 19.2 Å². The van der Waals surface area contributed by atoms with E-state index in [9.17, 15) is 19.2 Å². The number of amides is 3. The first-order valence-electron chi connectivity index (χ1n) is 17.5. The predicted octanol–water partition coefficient (Wildman–Crippen LogP) is 4.58. The van der Waals surface area contributed by atoms with E-state index in [0.29, 0.717) is 35.9 Å². The highest BCUT2D eigenvalue weighted by Crippen LogP contribution is 2.65. The number of ether oxygens (including phenoxy) is 3. The van der Waals surface area contributed by atoms with E-state index in [1.807, 2.05) is 33.8 Å². The second-order valence-electron chi connectivity index (χ2n) is 17.0. The number of carbonyl (C=O) groups is 4. The van der Waals surface area contributed by atoms with Gasteiger partial charge in [0.05, 0.1) is 31.2 Å². The van der Waals surface area contributed by atoms with Crippen LogP contribution in [0, 0.1) is 24.2 Å². The molecule has 2 bridgehead atoms. The highest BCUT2D eigenvalue weighted by molar-refractivity contribution is 6.45. The fraction of sp³-hybridized carbons (Fsp3) is 0.722. The summed E-state index contributed by atoms with van der Waals surface area (Å²) in [6, 6.07) is 2.56. The van der Waals surface area contributed by atoms with Crippen molar-refractivity contribution in [3.05, 3.63) is 28.8 Å². The van der Waals surface area contributed by atoms with Crippen molar-refractivity contribution in [1.82, 2.24) is 10.2 Å². The Balaban J connectivity index is 1.25. The van der Waals surface area contributed by atoms with Gasteiger partial charge in [-0.1, -0.05) is 19.9 Å². The average molecular weight is 684 g/mol. The number of likely N-dealkylation sites (tertiary alicyclic amines) is 1. The van der Waals surface area contributed by atoms with Crippen molar-refractivity contribution >= 4 is 31.0 Å². The molecule has 1 aromatic rings. The molecule has 2 aliphatic heterocycles. The van der Waals surface area contributed by atoms with E-state index in [-0.39, 0.29) is 43.7 Å². The van der Waals surface area contributed by atoms with Gasteiger partial charge in [0.1, 0.15) is 34.7 Å². The van der Waals surface area contributed by atoms with Crippen LogP contribution in [0.1, 0.15) is 103 Å². The maximum atomic E-state index is 13.6. The molecule has 0 aromatic heterocycles. The lowest BCUT2D eigenvalue weighted by atomic mass is 9.43. The molecule has 12 nitrogen and oxygen atoms in total. The molecule has 2 saturated heterocycles. The van der Waals surface area contributed by atoms with E-state index in [1.54, 1.807) is 26.8 Å². The Morgan fingerprint density at radius 1 is 1.04 bits per heavy atom. The molecule has 13 heteroatoms. The van der Waals surface area contributed by atoms with Gasteiger partial charge in [0.15, 0.2) is 0 Å². The lowest BCUT2D eigenvalue weighted by Gasteiger charge is -2.64. The van der Waals surface area contributed by atoms with Crippen molar-refractivity contribution in [1.29, 1.82) is 0 Å². The van der Waals surface area contributed by atoms with E-state index in [1.165, 1.54) is 11.3 Å². The summed E-state index contributed by atoms with van der Waals surface area (Å²) >= 11 is 0. The number of hydrogen-bond acceptors (Lipinski definition) is 9. The molecular formula is C36H54BN3O9. The summed E-state index contributed by atoms with van der Waals surface area (Å²) in [6.07, 6.45) is 2.01. The van der Waals surface area contributed by atoms with Gasteiger partial charge < -0.3 is 39.5 Å². The van der Waals surface area contributed by atoms with Crippen LogP contribution in [0.25, 0.3) is 0 Å². The molecule has 2 heterocycles. The summed E-state index contributed by atoms with van der Waals surface area (Å²) in [5.74, 6) is -0.184. The number of nitrogens with two attached hydrogens (primary N) is 1. The molecule has 5 aliphatic rings. The minimum Gasteiger partial charge on any atom is -0.486 e. The van der Waals surface area contributed by atoms with E-state index in [0.717, 1.165) is 17.5 Å². The topological polar surface area (TPSA) is 156 Å². The number of rotatable bonds is 10. The zero-order chi connectivity index (χ0) is 36.3. The standard InChI is InChI=1S/C36H54BN3O9/c1-20-21(13-14-37-48-27-16-22-15-26(35(22,8)9)36(27,10)49-37)11-12-25(29(20)31(43)46-33(2,3)4)45-23-18-40(19-23)30(42)24(17-28(38)41)39-32(44)47-34(5,6)7/h11-12,22-24,26-27H,13-19H2,1-10H3,(H2,38,41)(H,39,44)/t22-,24+,26-,27+,36-/m0/s1. The van der Waals surface area contributed by atoms with Gasteiger partial charge in [0.25, 0.3) is 0 Å². The molecule has 1 aromatic carbocycles. The summed E-state index contributed by atoms with van der Waals surface area (Å²) in [5.41, 5.74) is 5.91. The minimum atomic E-state index is -1.18. The molecule has 0 spiro atoms. The van der Waals surface area contributed by atoms with Gasteiger partial charge in [-0.05, 0) is 115 Å². The average Bonchev–Trinajstić information content (AvgIpc) is 3.27. The SMILES string of the molecule is Cc1c(CCB2O[C@@H]3C[C@@H]4C[C@@H](C4(C)C)[C@]3(C)O2)ccc(OC2CN(C(=O)[C@@H](CC(N)=O)NC(=O)OC(C)(C)C)C2)c1C(=O)OC(C)(C)C. The van der Waals surface area contributed by atoms with Crippen LogP contribution < -0.4 is 15.8 Å². The maximum absolute atomic E-state index is 13.6. The van der Waals surface area contributed by atoms with Gasteiger partial charge in [0, 0.05) is 0 Å². The third-order valence-electron chi connectivity index (χ3n) is 10.6.